The summed E-state index contributed by atoms with van der Waals surface area (Å²) >= 11 is 6.05. The van der Waals surface area contributed by atoms with Crippen molar-refractivity contribution >= 4 is 23.0 Å². The molecule has 2 rings (SSSR count). The summed E-state index contributed by atoms with van der Waals surface area (Å²) in [6, 6.07) is 5.81. The summed E-state index contributed by atoms with van der Waals surface area (Å²) in [6.07, 6.45) is 0. The van der Waals surface area contributed by atoms with E-state index in [0.29, 0.717) is 10.7 Å². The van der Waals surface area contributed by atoms with Crippen LogP contribution in [0.25, 0.3) is 0 Å². The van der Waals surface area contributed by atoms with Crippen LogP contribution < -0.4 is 10.6 Å². The third kappa shape index (κ3) is 3.07. The summed E-state index contributed by atoms with van der Waals surface area (Å²) in [5, 5.41) is 0.634. The van der Waals surface area contributed by atoms with Gasteiger partial charge in [0.2, 0.25) is 0 Å². The van der Waals surface area contributed by atoms with Crippen molar-refractivity contribution in [1.82, 2.24) is 4.90 Å². The molecule has 0 aliphatic carbocycles. The van der Waals surface area contributed by atoms with Gasteiger partial charge < -0.3 is 15.4 Å². The summed E-state index contributed by atoms with van der Waals surface area (Å²) in [6.45, 7) is 5.82. The number of benzene rings is 1. The van der Waals surface area contributed by atoms with Gasteiger partial charge >= 0.3 is 0 Å². The van der Waals surface area contributed by atoms with E-state index in [-0.39, 0.29) is 0 Å². The molecule has 0 unspecified atom stereocenters. The minimum atomic E-state index is 0.634. The number of halogens is 1. The minimum absolute atomic E-state index is 0.634. The van der Waals surface area contributed by atoms with E-state index < -0.39 is 0 Å². The van der Waals surface area contributed by atoms with Gasteiger partial charge in [-0.15, -0.1) is 0 Å². The van der Waals surface area contributed by atoms with Gasteiger partial charge in [0.05, 0.1) is 23.0 Å². The highest BCUT2D eigenvalue weighted by Gasteiger charge is 2.18. The van der Waals surface area contributed by atoms with E-state index >= 15 is 0 Å². The minimum Gasteiger partial charge on any atom is -0.396 e. The van der Waals surface area contributed by atoms with Crippen LogP contribution in [-0.4, -0.2) is 51.3 Å². The molecule has 1 aromatic carbocycles. The predicted molar refractivity (Wildman–Crippen MR) is 76.4 cm³/mol. The van der Waals surface area contributed by atoms with Crippen molar-refractivity contribution in [2.75, 3.05) is 57.1 Å². The van der Waals surface area contributed by atoms with E-state index in [2.05, 4.69) is 9.80 Å². The molecule has 18 heavy (non-hydrogen) atoms. The Morgan fingerprint density at radius 2 is 2.00 bits per heavy atom. The summed E-state index contributed by atoms with van der Waals surface area (Å²) in [7, 11) is 1.74. The SMILES string of the molecule is COCCN1CCN(c2cccc(Cl)c2N)CC1. The quantitative estimate of drug-likeness (QED) is 0.845. The van der Waals surface area contributed by atoms with E-state index in [4.69, 9.17) is 22.1 Å². The molecule has 2 N–H and O–H groups in total. The first-order chi connectivity index (χ1) is 8.72. The summed E-state index contributed by atoms with van der Waals surface area (Å²) in [5.41, 5.74) is 7.76. The van der Waals surface area contributed by atoms with Crippen LogP contribution in [0.1, 0.15) is 0 Å². The Hall–Kier alpha value is -0.970. The zero-order valence-electron chi connectivity index (χ0n) is 10.7. The molecule has 1 aromatic rings. The predicted octanol–water partition coefficient (Wildman–Crippen LogP) is 1.69. The van der Waals surface area contributed by atoms with Crippen LogP contribution in [0.3, 0.4) is 0 Å². The number of nitrogen functional groups attached to an aromatic ring is 1. The van der Waals surface area contributed by atoms with Gasteiger partial charge in [-0.05, 0) is 12.1 Å². The van der Waals surface area contributed by atoms with Gasteiger partial charge in [-0.3, -0.25) is 4.90 Å². The molecule has 0 atom stereocenters. The molecule has 1 aliphatic heterocycles. The summed E-state index contributed by atoms with van der Waals surface area (Å²) in [4.78, 5) is 4.70. The topological polar surface area (TPSA) is 41.7 Å². The molecule has 0 saturated carbocycles. The molecular formula is C13H20ClN3O. The number of piperazine rings is 1. The van der Waals surface area contributed by atoms with Crippen molar-refractivity contribution in [2.24, 2.45) is 0 Å². The molecule has 5 heteroatoms. The lowest BCUT2D eigenvalue weighted by Gasteiger charge is -2.36. The molecule has 1 heterocycles. The Morgan fingerprint density at radius 1 is 1.28 bits per heavy atom. The van der Waals surface area contributed by atoms with Gasteiger partial charge in [0.25, 0.3) is 0 Å². The van der Waals surface area contributed by atoms with Crippen LogP contribution in [0, 0.1) is 0 Å². The fourth-order valence-electron chi connectivity index (χ4n) is 2.23. The highest BCUT2D eigenvalue weighted by atomic mass is 35.5. The van der Waals surface area contributed by atoms with E-state index in [9.17, 15) is 0 Å². The standard InChI is InChI=1S/C13H20ClN3O/c1-18-10-9-16-5-7-17(8-6-16)12-4-2-3-11(14)13(12)15/h2-4H,5-10,15H2,1H3. The van der Waals surface area contributed by atoms with Gasteiger partial charge in [0.15, 0.2) is 0 Å². The zero-order valence-corrected chi connectivity index (χ0v) is 11.5. The number of anilines is 2. The van der Waals surface area contributed by atoms with Crippen LogP contribution in [0.4, 0.5) is 11.4 Å². The Morgan fingerprint density at radius 3 is 2.67 bits per heavy atom. The van der Waals surface area contributed by atoms with Crippen LogP contribution in [0.5, 0.6) is 0 Å². The first-order valence-corrected chi connectivity index (χ1v) is 6.60. The third-order valence-corrected chi connectivity index (χ3v) is 3.68. The lowest BCUT2D eigenvalue weighted by Crippen LogP contribution is -2.47. The van der Waals surface area contributed by atoms with Crippen molar-refractivity contribution in [1.29, 1.82) is 0 Å². The van der Waals surface area contributed by atoms with Crippen LogP contribution in [-0.2, 0) is 4.74 Å². The smallest absolute Gasteiger partial charge is 0.0741 e. The second kappa shape index (κ2) is 6.27. The monoisotopic (exact) mass is 269 g/mol. The molecule has 0 aromatic heterocycles. The van der Waals surface area contributed by atoms with Crippen molar-refractivity contribution < 1.29 is 4.74 Å². The third-order valence-electron chi connectivity index (χ3n) is 3.35. The van der Waals surface area contributed by atoms with Crippen LogP contribution >= 0.6 is 11.6 Å². The zero-order chi connectivity index (χ0) is 13.0. The average molecular weight is 270 g/mol. The van der Waals surface area contributed by atoms with E-state index in [0.717, 1.165) is 45.0 Å². The number of nitrogens with two attached hydrogens (primary N) is 1. The first kappa shape index (κ1) is 13.5. The van der Waals surface area contributed by atoms with Gasteiger partial charge in [0, 0.05) is 39.8 Å². The summed E-state index contributed by atoms with van der Waals surface area (Å²) < 4.78 is 5.10. The normalized spacial score (nSPS) is 17.1. The van der Waals surface area contributed by atoms with E-state index in [1.165, 1.54) is 0 Å². The highest BCUT2D eigenvalue weighted by Crippen LogP contribution is 2.30. The number of hydrogen-bond donors (Lipinski definition) is 1. The Bertz CT molecular complexity index is 392. The molecule has 0 bridgehead atoms. The van der Waals surface area contributed by atoms with E-state index in [1.54, 1.807) is 7.11 Å². The maximum atomic E-state index is 6.05. The Labute approximate surface area is 113 Å². The lowest BCUT2D eigenvalue weighted by atomic mass is 10.2. The fourth-order valence-corrected chi connectivity index (χ4v) is 2.40. The average Bonchev–Trinajstić information content (AvgIpc) is 2.40. The number of nitrogens with zero attached hydrogens (tertiary/aromatic N) is 2. The number of hydrogen-bond acceptors (Lipinski definition) is 4. The van der Waals surface area contributed by atoms with Gasteiger partial charge in [-0.2, -0.15) is 0 Å². The highest BCUT2D eigenvalue weighted by molar-refractivity contribution is 6.33. The largest absolute Gasteiger partial charge is 0.396 e. The molecule has 4 nitrogen and oxygen atoms in total. The molecule has 1 fully saturated rings. The van der Waals surface area contributed by atoms with Crippen molar-refractivity contribution in [3.8, 4) is 0 Å². The van der Waals surface area contributed by atoms with E-state index in [1.807, 2.05) is 18.2 Å². The second-order valence-electron chi connectivity index (χ2n) is 4.49. The summed E-state index contributed by atoms with van der Waals surface area (Å²) in [5.74, 6) is 0. The Kier molecular flexibility index (Phi) is 4.69. The Balaban J connectivity index is 1.95. The van der Waals surface area contributed by atoms with Crippen molar-refractivity contribution in [3.63, 3.8) is 0 Å². The lowest BCUT2D eigenvalue weighted by molar-refractivity contribution is 0.144. The maximum Gasteiger partial charge on any atom is 0.0741 e. The molecule has 0 spiro atoms. The maximum absolute atomic E-state index is 6.05. The molecule has 1 saturated heterocycles. The number of methoxy groups -OCH3 is 1. The first-order valence-electron chi connectivity index (χ1n) is 6.22. The molecule has 100 valence electrons. The van der Waals surface area contributed by atoms with Gasteiger partial charge in [-0.1, -0.05) is 17.7 Å². The second-order valence-corrected chi connectivity index (χ2v) is 4.90. The van der Waals surface area contributed by atoms with Crippen LogP contribution in [0.15, 0.2) is 18.2 Å². The fraction of sp³-hybridized carbons (Fsp3) is 0.538. The molecule has 1 aliphatic rings. The van der Waals surface area contributed by atoms with Crippen molar-refractivity contribution in [2.45, 2.75) is 0 Å². The van der Waals surface area contributed by atoms with Gasteiger partial charge in [0.1, 0.15) is 0 Å². The number of para-hydroxylation sites is 1. The van der Waals surface area contributed by atoms with Gasteiger partial charge in [-0.25, -0.2) is 0 Å². The van der Waals surface area contributed by atoms with Crippen molar-refractivity contribution in [3.05, 3.63) is 23.2 Å². The molecular weight excluding hydrogens is 250 g/mol. The molecule has 0 amide bonds. The molecule has 0 radical (unpaired) electrons. The van der Waals surface area contributed by atoms with Crippen LogP contribution in [0.2, 0.25) is 5.02 Å². The number of rotatable bonds is 4. The number of ether oxygens (including phenoxy) is 1.